The first-order valence-electron chi connectivity index (χ1n) is 8.78. The first-order chi connectivity index (χ1) is 12.0. The van der Waals surface area contributed by atoms with Gasteiger partial charge >= 0.3 is 0 Å². The average molecular weight is 346 g/mol. The van der Waals surface area contributed by atoms with Crippen molar-refractivity contribution in [3.63, 3.8) is 0 Å². The smallest absolute Gasteiger partial charge is 0.248 e. The Hall–Kier alpha value is -1.99. The van der Waals surface area contributed by atoms with E-state index in [0.717, 1.165) is 18.7 Å². The lowest BCUT2D eigenvalue weighted by Gasteiger charge is -2.45. The summed E-state index contributed by atoms with van der Waals surface area (Å²) in [5.74, 6) is 0.128. The molecule has 2 atom stereocenters. The van der Waals surface area contributed by atoms with Crippen molar-refractivity contribution in [3.05, 3.63) is 30.1 Å². The molecule has 2 amide bonds. The van der Waals surface area contributed by atoms with E-state index in [1.807, 2.05) is 30.1 Å². The summed E-state index contributed by atoms with van der Waals surface area (Å²) < 4.78 is 5.61. The average Bonchev–Trinajstić information content (AvgIpc) is 2.63. The van der Waals surface area contributed by atoms with Crippen molar-refractivity contribution >= 4 is 11.8 Å². The molecule has 0 radical (unpaired) electrons. The van der Waals surface area contributed by atoms with E-state index in [0.29, 0.717) is 26.1 Å². The van der Waals surface area contributed by atoms with Gasteiger partial charge in [0.2, 0.25) is 11.8 Å². The lowest BCUT2D eigenvalue weighted by molar-refractivity contribution is -0.163. The Morgan fingerprint density at radius 2 is 2.28 bits per heavy atom. The Kier molecular flexibility index (Phi) is 5.65. The molecule has 0 aromatic carbocycles. The summed E-state index contributed by atoms with van der Waals surface area (Å²) in [7, 11) is 3.80. The maximum atomic E-state index is 12.6. The number of likely N-dealkylation sites (tertiary alicyclic amines) is 1. The molecule has 2 fully saturated rings. The van der Waals surface area contributed by atoms with Crippen molar-refractivity contribution in [1.29, 1.82) is 0 Å². The molecular formula is C18H26N4O3. The topological polar surface area (TPSA) is 66.0 Å². The van der Waals surface area contributed by atoms with Gasteiger partial charge in [-0.25, -0.2) is 0 Å². The third kappa shape index (κ3) is 4.35. The number of aromatic nitrogens is 1. The zero-order chi connectivity index (χ0) is 17.8. The number of piperidine rings is 1. The van der Waals surface area contributed by atoms with Crippen LogP contribution in [-0.2, 0) is 20.9 Å². The lowest BCUT2D eigenvalue weighted by Crippen LogP contribution is -2.61. The second kappa shape index (κ2) is 7.93. The summed E-state index contributed by atoms with van der Waals surface area (Å²) in [6.07, 6.45) is 3.10. The minimum Gasteiger partial charge on any atom is -0.366 e. The molecule has 1 aromatic rings. The van der Waals surface area contributed by atoms with E-state index < -0.39 is 0 Å². The minimum atomic E-state index is -0.0230. The van der Waals surface area contributed by atoms with Crippen LogP contribution in [0.3, 0.4) is 0 Å². The van der Waals surface area contributed by atoms with Crippen LogP contribution in [0.1, 0.15) is 18.5 Å². The summed E-state index contributed by atoms with van der Waals surface area (Å²) in [6.45, 7) is 2.83. The number of morpholine rings is 1. The van der Waals surface area contributed by atoms with Gasteiger partial charge in [0, 0.05) is 45.8 Å². The molecule has 0 saturated carbocycles. The summed E-state index contributed by atoms with van der Waals surface area (Å²) in [5, 5.41) is 0. The predicted octanol–water partition coefficient (Wildman–Crippen LogP) is 0.362. The van der Waals surface area contributed by atoms with Gasteiger partial charge in [-0.3, -0.25) is 14.6 Å². The number of hydrogen-bond acceptors (Lipinski definition) is 5. The van der Waals surface area contributed by atoms with Crippen LogP contribution in [0.2, 0.25) is 0 Å². The fraction of sp³-hybridized carbons (Fsp3) is 0.611. The number of rotatable bonds is 5. The summed E-state index contributed by atoms with van der Waals surface area (Å²) in [4.78, 5) is 34.4. The van der Waals surface area contributed by atoms with Gasteiger partial charge in [0.25, 0.3) is 0 Å². The van der Waals surface area contributed by atoms with E-state index in [2.05, 4.69) is 9.88 Å². The first kappa shape index (κ1) is 17.8. The molecule has 0 unspecified atom stereocenters. The Bertz CT molecular complexity index is 610. The predicted molar refractivity (Wildman–Crippen MR) is 92.7 cm³/mol. The van der Waals surface area contributed by atoms with Gasteiger partial charge in [0.15, 0.2) is 0 Å². The highest BCUT2D eigenvalue weighted by atomic mass is 16.5. The van der Waals surface area contributed by atoms with Crippen LogP contribution in [0.25, 0.3) is 0 Å². The molecule has 0 N–H and O–H groups in total. The molecular weight excluding hydrogens is 320 g/mol. The third-order valence-corrected chi connectivity index (χ3v) is 5.05. The molecule has 7 nitrogen and oxygen atoms in total. The molecule has 0 spiro atoms. The first-order valence-corrected chi connectivity index (χ1v) is 8.78. The Morgan fingerprint density at radius 1 is 1.44 bits per heavy atom. The van der Waals surface area contributed by atoms with Gasteiger partial charge in [-0.05, 0) is 25.6 Å². The van der Waals surface area contributed by atoms with Crippen LogP contribution in [0, 0.1) is 0 Å². The summed E-state index contributed by atoms with van der Waals surface area (Å²) in [6, 6.07) is 5.83. The number of hydrogen-bond donors (Lipinski definition) is 0. The van der Waals surface area contributed by atoms with Gasteiger partial charge in [-0.2, -0.15) is 0 Å². The molecule has 0 aliphatic carbocycles. The van der Waals surface area contributed by atoms with Crippen LogP contribution < -0.4 is 0 Å². The Balaban J connectivity index is 1.47. The lowest BCUT2D eigenvalue weighted by atomic mass is 9.98. The monoisotopic (exact) mass is 346 g/mol. The van der Waals surface area contributed by atoms with Crippen LogP contribution in [0.5, 0.6) is 0 Å². The van der Waals surface area contributed by atoms with Crippen molar-refractivity contribution in [1.82, 2.24) is 19.7 Å². The van der Waals surface area contributed by atoms with Gasteiger partial charge in [0.05, 0.1) is 17.8 Å². The van der Waals surface area contributed by atoms with Crippen LogP contribution in [0.15, 0.2) is 24.4 Å². The van der Waals surface area contributed by atoms with Crippen LogP contribution >= 0.6 is 0 Å². The maximum absolute atomic E-state index is 12.6. The second-order valence-corrected chi connectivity index (χ2v) is 6.86. The van der Waals surface area contributed by atoms with Crippen molar-refractivity contribution < 1.29 is 14.3 Å². The zero-order valence-electron chi connectivity index (χ0n) is 14.9. The Labute approximate surface area is 148 Å². The molecule has 136 valence electrons. The normalized spacial score (nSPS) is 23.7. The van der Waals surface area contributed by atoms with Crippen molar-refractivity contribution in [2.75, 3.05) is 40.3 Å². The molecule has 2 aliphatic rings. The Morgan fingerprint density at radius 3 is 3.04 bits per heavy atom. The summed E-state index contributed by atoms with van der Waals surface area (Å²) >= 11 is 0. The van der Waals surface area contributed by atoms with Gasteiger partial charge in [-0.15, -0.1) is 0 Å². The molecule has 3 rings (SSSR count). The highest BCUT2D eigenvalue weighted by Gasteiger charge is 2.39. The molecule has 2 saturated heterocycles. The number of likely N-dealkylation sites (N-methyl/N-ethyl adjacent to an activating group) is 1. The van der Waals surface area contributed by atoms with Gasteiger partial charge in [-0.1, -0.05) is 6.07 Å². The number of amides is 2. The van der Waals surface area contributed by atoms with Crippen LogP contribution in [0.4, 0.5) is 0 Å². The third-order valence-electron chi connectivity index (χ3n) is 5.05. The molecule has 2 aliphatic heterocycles. The van der Waals surface area contributed by atoms with Crippen molar-refractivity contribution in [2.45, 2.75) is 31.5 Å². The van der Waals surface area contributed by atoms with Crippen molar-refractivity contribution in [3.8, 4) is 0 Å². The molecule has 1 aromatic heterocycles. The van der Waals surface area contributed by atoms with Crippen molar-refractivity contribution in [2.24, 2.45) is 0 Å². The SMILES string of the molecule is CN(CCC(=O)N1CC[C@H]2OCC(=O)N(C)[C@H]2C1)Cc1ccccn1. The maximum Gasteiger partial charge on any atom is 0.248 e. The second-order valence-electron chi connectivity index (χ2n) is 6.86. The fourth-order valence-corrected chi connectivity index (χ4v) is 3.46. The zero-order valence-corrected chi connectivity index (χ0v) is 14.9. The van der Waals surface area contributed by atoms with E-state index >= 15 is 0 Å². The number of fused-ring (bicyclic) bond motifs is 1. The van der Waals surface area contributed by atoms with E-state index in [1.54, 1.807) is 18.1 Å². The van der Waals surface area contributed by atoms with Crippen LogP contribution in [-0.4, -0.2) is 84.0 Å². The molecule has 3 heterocycles. The number of nitrogens with zero attached hydrogens (tertiary/aromatic N) is 4. The van der Waals surface area contributed by atoms with Gasteiger partial charge < -0.3 is 19.4 Å². The van der Waals surface area contributed by atoms with E-state index in [9.17, 15) is 9.59 Å². The quantitative estimate of drug-likeness (QED) is 0.770. The number of carbonyl (C=O) groups excluding carboxylic acids is 2. The molecule has 25 heavy (non-hydrogen) atoms. The minimum absolute atomic E-state index is 0.00866. The number of ether oxygens (including phenoxy) is 1. The van der Waals surface area contributed by atoms with E-state index in [1.165, 1.54) is 0 Å². The molecule has 0 bridgehead atoms. The number of pyridine rings is 1. The largest absolute Gasteiger partial charge is 0.366 e. The summed E-state index contributed by atoms with van der Waals surface area (Å²) in [5.41, 5.74) is 0.998. The number of carbonyl (C=O) groups is 2. The standard InChI is InChI=1S/C18H26N4O3/c1-20(11-14-5-3-4-8-19-14)9-7-17(23)22-10-6-16-15(12-22)21(2)18(24)13-25-16/h3-5,8,15-16H,6-7,9-13H2,1-2H3/t15-,16+/m0/s1. The van der Waals surface area contributed by atoms with Gasteiger partial charge in [0.1, 0.15) is 6.61 Å². The highest BCUT2D eigenvalue weighted by Crippen LogP contribution is 2.23. The van der Waals surface area contributed by atoms with E-state index in [4.69, 9.17) is 4.74 Å². The molecule has 7 heteroatoms. The van der Waals surface area contributed by atoms with E-state index in [-0.39, 0.29) is 30.6 Å². The fourth-order valence-electron chi connectivity index (χ4n) is 3.46. The highest BCUT2D eigenvalue weighted by molar-refractivity contribution is 5.79.